The number of aromatic nitrogens is 5. The van der Waals surface area contributed by atoms with Gasteiger partial charge in [-0.1, -0.05) is 18.2 Å². The number of pyridine rings is 1. The van der Waals surface area contributed by atoms with Crippen molar-refractivity contribution in [2.24, 2.45) is 0 Å². The van der Waals surface area contributed by atoms with Crippen LogP contribution in [0, 0.1) is 6.92 Å². The summed E-state index contributed by atoms with van der Waals surface area (Å²) in [5.41, 5.74) is 5.31. The van der Waals surface area contributed by atoms with Crippen LogP contribution < -0.4 is 10.1 Å². The van der Waals surface area contributed by atoms with Crippen molar-refractivity contribution in [1.29, 1.82) is 0 Å². The van der Waals surface area contributed by atoms with Gasteiger partial charge in [0.25, 0.3) is 0 Å². The second-order valence-electron chi connectivity index (χ2n) is 7.09. The molecule has 0 saturated heterocycles. The van der Waals surface area contributed by atoms with E-state index in [1.54, 1.807) is 13.3 Å². The molecule has 0 unspecified atom stereocenters. The Bertz CT molecular complexity index is 1330. The topological polar surface area (TPSA) is 77.8 Å². The molecule has 0 fully saturated rings. The minimum atomic E-state index is 0.645. The van der Waals surface area contributed by atoms with E-state index in [0.717, 1.165) is 45.1 Å². The number of aryl methyl sites for hydroxylation is 1. The minimum absolute atomic E-state index is 0.645. The van der Waals surface area contributed by atoms with Gasteiger partial charge in [0.1, 0.15) is 5.75 Å². The van der Waals surface area contributed by atoms with Gasteiger partial charge in [-0.2, -0.15) is 5.10 Å². The Balaban J connectivity index is 1.39. The summed E-state index contributed by atoms with van der Waals surface area (Å²) in [6.45, 7) is 1.98. The monoisotopic (exact) mass is 408 g/mol. The first-order valence-corrected chi connectivity index (χ1v) is 9.87. The first kappa shape index (κ1) is 18.7. The number of para-hydroxylation sites is 1. The van der Waals surface area contributed by atoms with Gasteiger partial charge in [0.05, 0.1) is 36.1 Å². The molecule has 7 heteroatoms. The smallest absolute Gasteiger partial charge is 0.163 e. The molecule has 31 heavy (non-hydrogen) atoms. The number of anilines is 2. The molecule has 5 rings (SSSR count). The Morgan fingerprint density at radius 3 is 2.42 bits per heavy atom. The van der Waals surface area contributed by atoms with Crippen molar-refractivity contribution in [3.63, 3.8) is 0 Å². The van der Waals surface area contributed by atoms with Crippen LogP contribution in [-0.2, 0) is 0 Å². The van der Waals surface area contributed by atoms with Crippen molar-refractivity contribution in [1.82, 2.24) is 25.0 Å². The van der Waals surface area contributed by atoms with Crippen molar-refractivity contribution >= 4 is 22.5 Å². The Kier molecular flexibility index (Phi) is 4.76. The third-order valence-electron chi connectivity index (χ3n) is 5.03. The van der Waals surface area contributed by atoms with Gasteiger partial charge in [-0.05, 0) is 61.5 Å². The third-order valence-corrected chi connectivity index (χ3v) is 5.03. The molecule has 0 aliphatic rings. The van der Waals surface area contributed by atoms with E-state index in [0.29, 0.717) is 5.82 Å². The highest BCUT2D eigenvalue weighted by molar-refractivity contribution is 5.83. The molecule has 3 aromatic heterocycles. The molecule has 152 valence electrons. The van der Waals surface area contributed by atoms with E-state index >= 15 is 0 Å². The van der Waals surface area contributed by atoms with Gasteiger partial charge in [0.15, 0.2) is 11.5 Å². The number of ether oxygens (including phenoxy) is 1. The molecule has 0 bridgehead atoms. The van der Waals surface area contributed by atoms with E-state index in [-0.39, 0.29) is 0 Å². The Hall–Kier alpha value is -4.26. The maximum absolute atomic E-state index is 5.20. The zero-order valence-electron chi connectivity index (χ0n) is 17.1. The van der Waals surface area contributed by atoms with Gasteiger partial charge in [0, 0.05) is 10.9 Å². The first-order chi connectivity index (χ1) is 15.2. The van der Waals surface area contributed by atoms with Gasteiger partial charge < -0.3 is 10.1 Å². The van der Waals surface area contributed by atoms with Crippen molar-refractivity contribution in [3.05, 3.63) is 84.7 Å². The summed E-state index contributed by atoms with van der Waals surface area (Å²) < 4.78 is 7.06. The Morgan fingerprint density at radius 2 is 1.71 bits per heavy atom. The predicted octanol–water partition coefficient (Wildman–Crippen LogP) is 4.94. The van der Waals surface area contributed by atoms with Gasteiger partial charge in [-0.3, -0.25) is 0 Å². The lowest BCUT2D eigenvalue weighted by molar-refractivity contribution is 0.415. The number of nitrogens with zero attached hydrogens (tertiary/aromatic N) is 5. The average molecular weight is 408 g/mol. The van der Waals surface area contributed by atoms with Crippen LogP contribution in [0.25, 0.3) is 28.0 Å². The number of benzene rings is 2. The summed E-state index contributed by atoms with van der Waals surface area (Å²) in [7, 11) is 1.65. The molecule has 0 atom stereocenters. The van der Waals surface area contributed by atoms with Crippen LogP contribution in [0.5, 0.6) is 5.75 Å². The highest BCUT2D eigenvalue weighted by Crippen LogP contribution is 2.25. The Morgan fingerprint density at radius 1 is 0.903 bits per heavy atom. The summed E-state index contributed by atoms with van der Waals surface area (Å²) in [5, 5.41) is 17.6. The third kappa shape index (κ3) is 3.69. The fourth-order valence-electron chi connectivity index (χ4n) is 3.42. The molecule has 0 radical (unpaired) electrons. The lowest BCUT2D eigenvalue weighted by Crippen LogP contribution is -1.99. The van der Waals surface area contributed by atoms with E-state index in [1.165, 1.54) is 0 Å². The quantitative estimate of drug-likeness (QED) is 0.444. The number of fused-ring (bicyclic) bond motifs is 1. The molecule has 0 aliphatic carbocycles. The molecular weight excluding hydrogens is 388 g/mol. The van der Waals surface area contributed by atoms with Crippen molar-refractivity contribution in [2.75, 3.05) is 12.4 Å². The lowest BCUT2D eigenvalue weighted by Gasteiger charge is -2.07. The summed E-state index contributed by atoms with van der Waals surface area (Å²) in [5.74, 6) is 1.45. The van der Waals surface area contributed by atoms with Crippen LogP contribution in [0.1, 0.15) is 5.69 Å². The zero-order chi connectivity index (χ0) is 21.2. The highest BCUT2D eigenvalue weighted by atomic mass is 16.5. The van der Waals surface area contributed by atoms with Crippen molar-refractivity contribution < 1.29 is 4.74 Å². The van der Waals surface area contributed by atoms with Gasteiger partial charge in [-0.25, -0.2) is 9.67 Å². The summed E-state index contributed by atoms with van der Waals surface area (Å²) >= 11 is 0. The van der Waals surface area contributed by atoms with E-state index in [4.69, 9.17) is 4.74 Å². The number of nitrogens with one attached hydrogen (secondary N) is 1. The van der Waals surface area contributed by atoms with E-state index in [9.17, 15) is 0 Å². The largest absolute Gasteiger partial charge is 0.497 e. The van der Waals surface area contributed by atoms with Crippen molar-refractivity contribution in [2.45, 2.75) is 6.92 Å². The molecule has 0 aliphatic heterocycles. The summed E-state index contributed by atoms with van der Waals surface area (Å²) in [4.78, 5) is 4.63. The zero-order valence-corrected chi connectivity index (χ0v) is 17.1. The maximum Gasteiger partial charge on any atom is 0.163 e. The summed E-state index contributed by atoms with van der Waals surface area (Å²) in [6.07, 6.45) is 1.78. The van der Waals surface area contributed by atoms with Gasteiger partial charge >= 0.3 is 0 Å². The SMILES string of the molecule is COc1ccc(-c2ccc(Nc3cnc4c(c3)c(C)nn4-c3ccccc3)nn2)cc1. The summed E-state index contributed by atoms with van der Waals surface area (Å²) in [6, 6.07) is 23.6. The number of rotatable bonds is 5. The van der Waals surface area contributed by atoms with Gasteiger partial charge in [0.2, 0.25) is 0 Å². The highest BCUT2D eigenvalue weighted by Gasteiger charge is 2.11. The van der Waals surface area contributed by atoms with Crippen LogP contribution in [0.4, 0.5) is 11.5 Å². The molecule has 0 saturated carbocycles. The molecule has 0 spiro atoms. The standard InChI is InChI=1S/C24H20N6O/c1-16-21-14-18(15-25-24(21)30(29-16)19-6-4-3-5-7-19)26-23-13-12-22(27-28-23)17-8-10-20(31-2)11-9-17/h3-15H,1-2H3,(H,26,28). The number of hydrogen-bond donors (Lipinski definition) is 1. The molecule has 2 aromatic carbocycles. The van der Waals surface area contributed by atoms with Gasteiger partial charge in [-0.15, -0.1) is 10.2 Å². The van der Waals surface area contributed by atoms with Crippen LogP contribution in [-0.4, -0.2) is 32.1 Å². The minimum Gasteiger partial charge on any atom is -0.497 e. The number of methoxy groups -OCH3 is 1. The normalized spacial score (nSPS) is 10.9. The fraction of sp³-hybridized carbons (Fsp3) is 0.0833. The molecule has 3 heterocycles. The van der Waals surface area contributed by atoms with Crippen LogP contribution >= 0.6 is 0 Å². The van der Waals surface area contributed by atoms with Crippen LogP contribution in [0.2, 0.25) is 0 Å². The van der Waals surface area contributed by atoms with Crippen LogP contribution in [0.15, 0.2) is 79.0 Å². The average Bonchev–Trinajstić information content (AvgIpc) is 3.16. The van der Waals surface area contributed by atoms with E-state index < -0.39 is 0 Å². The number of hydrogen-bond acceptors (Lipinski definition) is 6. The van der Waals surface area contributed by atoms with Crippen molar-refractivity contribution in [3.8, 4) is 22.7 Å². The lowest BCUT2D eigenvalue weighted by atomic mass is 10.1. The van der Waals surface area contributed by atoms with E-state index in [2.05, 4.69) is 25.6 Å². The fourth-order valence-corrected chi connectivity index (χ4v) is 3.42. The molecular formula is C24H20N6O. The Labute approximate surface area is 179 Å². The van der Waals surface area contributed by atoms with E-state index in [1.807, 2.05) is 84.4 Å². The molecule has 0 amide bonds. The van der Waals surface area contributed by atoms with Crippen LogP contribution in [0.3, 0.4) is 0 Å². The predicted molar refractivity (Wildman–Crippen MR) is 121 cm³/mol. The second kappa shape index (κ2) is 7.87. The maximum atomic E-state index is 5.20. The second-order valence-corrected chi connectivity index (χ2v) is 7.09. The molecule has 1 N–H and O–H groups in total. The first-order valence-electron chi connectivity index (χ1n) is 9.87. The molecule has 5 aromatic rings. The molecule has 7 nitrogen and oxygen atoms in total.